The van der Waals surface area contributed by atoms with Gasteiger partial charge in [-0.3, -0.25) is 9.78 Å². The molecule has 7 rings (SSSR count). The number of carbonyl (C=O) groups excluding carboxylic acids is 1. The molecule has 2 N–H and O–H groups in total. The van der Waals surface area contributed by atoms with Crippen LogP contribution >= 0.6 is 0 Å². The molecule has 6 aromatic rings. The van der Waals surface area contributed by atoms with Gasteiger partial charge in [-0.15, -0.1) is 0 Å². The maximum atomic E-state index is 13.0. The highest BCUT2D eigenvalue weighted by atomic mass is 16.1. The number of anilines is 2. The number of rotatable bonds is 5. The zero-order valence-electron chi connectivity index (χ0n) is 22.0. The second-order valence-corrected chi connectivity index (χ2v) is 10.0. The highest BCUT2D eigenvalue weighted by Gasteiger charge is 2.18. The second kappa shape index (κ2) is 9.90. The van der Waals surface area contributed by atoms with Crippen LogP contribution in [0, 0.1) is 0 Å². The van der Waals surface area contributed by atoms with Crippen molar-refractivity contribution in [3.05, 3.63) is 91.4 Å². The van der Waals surface area contributed by atoms with Crippen LogP contribution in [0.4, 0.5) is 11.5 Å². The van der Waals surface area contributed by atoms with E-state index in [4.69, 9.17) is 4.98 Å². The number of nitrogens with zero attached hydrogens (tertiary/aromatic N) is 7. The Balaban J connectivity index is 1.22. The lowest BCUT2D eigenvalue weighted by atomic mass is 10.0. The van der Waals surface area contributed by atoms with Gasteiger partial charge in [0.05, 0.1) is 29.2 Å². The summed E-state index contributed by atoms with van der Waals surface area (Å²) >= 11 is 0. The van der Waals surface area contributed by atoms with Crippen LogP contribution in [0.15, 0.2) is 85.8 Å². The molecule has 10 nitrogen and oxygen atoms in total. The largest absolute Gasteiger partial charge is 0.354 e. The molecular formula is C30H27N9O. The number of hydrogen-bond acceptors (Lipinski definition) is 7. The molecule has 1 aliphatic heterocycles. The molecule has 1 fully saturated rings. The predicted molar refractivity (Wildman–Crippen MR) is 155 cm³/mol. The molecule has 1 amide bonds. The number of aromatic amines is 1. The quantitative estimate of drug-likeness (QED) is 0.342. The number of likely N-dealkylation sites (N-methyl/N-ethyl adjacent to an activating group) is 1. The zero-order valence-corrected chi connectivity index (χ0v) is 22.0. The minimum atomic E-state index is -0.239. The third-order valence-corrected chi connectivity index (χ3v) is 7.43. The van der Waals surface area contributed by atoms with Crippen LogP contribution in [-0.2, 0) is 0 Å². The average Bonchev–Trinajstić information content (AvgIpc) is 3.62. The van der Waals surface area contributed by atoms with Crippen LogP contribution in [0.2, 0.25) is 0 Å². The van der Waals surface area contributed by atoms with Crippen LogP contribution in [0.3, 0.4) is 0 Å². The third kappa shape index (κ3) is 4.44. The van der Waals surface area contributed by atoms with Gasteiger partial charge in [-0.2, -0.15) is 5.10 Å². The van der Waals surface area contributed by atoms with Gasteiger partial charge in [0.25, 0.3) is 5.91 Å². The summed E-state index contributed by atoms with van der Waals surface area (Å²) in [6.07, 6.45) is 12.5. The molecule has 0 unspecified atom stereocenters. The number of pyridine rings is 4. The molecule has 0 aliphatic carbocycles. The Bertz CT molecular complexity index is 1830. The molecule has 0 spiro atoms. The summed E-state index contributed by atoms with van der Waals surface area (Å²) in [4.78, 5) is 34.4. The van der Waals surface area contributed by atoms with Crippen molar-refractivity contribution in [3.63, 3.8) is 0 Å². The van der Waals surface area contributed by atoms with Crippen molar-refractivity contribution in [2.75, 3.05) is 43.4 Å². The molecule has 0 aromatic carbocycles. The van der Waals surface area contributed by atoms with Crippen LogP contribution in [-0.4, -0.2) is 73.6 Å². The third-order valence-electron chi connectivity index (χ3n) is 7.43. The topological polar surface area (TPSA) is 107 Å². The van der Waals surface area contributed by atoms with E-state index in [2.05, 4.69) is 54.3 Å². The molecule has 198 valence electrons. The van der Waals surface area contributed by atoms with Gasteiger partial charge in [0.2, 0.25) is 0 Å². The van der Waals surface area contributed by atoms with Gasteiger partial charge < -0.3 is 20.1 Å². The Hall–Kier alpha value is -5.09. The van der Waals surface area contributed by atoms with E-state index in [-0.39, 0.29) is 5.91 Å². The molecule has 0 saturated carbocycles. The monoisotopic (exact) mass is 529 g/mol. The van der Waals surface area contributed by atoms with E-state index >= 15 is 0 Å². The first-order valence-electron chi connectivity index (χ1n) is 13.2. The molecule has 6 aromatic heterocycles. The summed E-state index contributed by atoms with van der Waals surface area (Å²) in [6, 6.07) is 13.9. The van der Waals surface area contributed by atoms with Crippen molar-refractivity contribution < 1.29 is 4.79 Å². The van der Waals surface area contributed by atoms with Crippen molar-refractivity contribution in [1.82, 2.24) is 34.4 Å². The summed E-state index contributed by atoms with van der Waals surface area (Å²) in [5.41, 5.74) is 6.68. The van der Waals surface area contributed by atoms with E-state index in [0.717, 1.165) is 65.3 Å². The molecule has 40 heavy (non-hydrogen) atoms. The molecule has 7 heterocycles. The lowest BCUT2D eigenvalue weighted by molar-refractivity contribution is 0.102. The average molecular weight is 530 g/mol. The van der Waals surface area contributed by atoms with Gasteiger partial charge in [-0.05, 0) is 60.6 Å². The van der Waals surface area contributed by atoms with Crippen molar-refractivity contribution in [3.8, 4) is 22.3 Å². The van der Waals surface area contributed by atoms with Crippen molar-refractivity contribution >= 4 is 34.0 Å². The van der Waals surface area contributed by atoms with Crippen LogP contribution in [0.1, 0.15) is 10.4 Å². The summed E-state index contributed by atoms with van der Waals surface area (Å²) in [5, 5.41) is 8.27. The fourth-order valence-corrected chi connectivity index (χ4v) is 5.16. The highest BCUT2D eigenvalue weighted by molar-refractivity contribution is 6.09. The Labute approximate surface area is 230 Å². The number of hydrogen-bond donors (Lipinski definition) is 2. The molecule has 0 bridgehead atoms. The SMILES string of the molecule is CN1CCN(c2cc(-c3cnc4[nH]cc(-c5ccn6ncc(C(=O)Nc7cccnc7)c6c5)c4c3)ccn2)CC1. The molecule has 0 atom stereocenters. The summed E-state index contributed by atoms with van der Waals surface area (Å²) in [6.45, 7) is 3.98. The number of carbonyl (C=O) groups is 1. The van der Waals surface area contributed by atoms with Crippen molar-refractivity contribution in [2.45, 2.75) is 0 Å². The fraction of sp³-hybridized carbons (Fsp3) is 0.167. The highest BCUT2D eigenvalue weighted by Crippen LogP contribution is 2.33. The maximum absolute atomic E-state index is 13.0. The Morgan fingerprint density at radius 2 is 1.82 bits per heavy atom. The van der Waals surface area contributed by atoms with Crippen LogP contribution in [0.25, 0.3) is 38.8 Å². The lowest BCUT2D eigenvalue weighted by Gasteiger charge is -2.33. The van der Waals surface area contributed by atoms with E-state index in [9.17, 15) is 4.79 Å². The van der Waals surface area contributed by atoms with Gasteiger partial charge in [0.1, 0.15) is 11.5 Å². The standard InChI is InChI=1S/C30H27N9O/c1-37-9-11-38(12-10-37)28-15-20(4-7-32-28)22-13-24-25(18-34-29(24)33-16-22)21-5-8-39-27(14-21)26(19-35-39)30(40)36-23-3-2-6-31-17-23/h2-8,13-19H,9-12H2,1H3,(H,33,34)(H,36,40). The molecule has 10 heteroatoms. The molecule has 0 radical (unpaired) electrons. The summed E-state index contributed by atoms with van der Waals surface area (Å²) in [7, 11) is 2.15. The van der Waals surface area contributed by atoms with Gasteiger partial charge in [-0.1, -0.05) is 0 Å². The molecular weight excluding hydrogens is 502 g/mol. The van der Waals surface area contributed by atoms with Gasteiger partial charge in [-0.25, -0.2) is 14.5 Å². The number of nitrogens with one attached hydrogen (secondary N) is 2. The normalized spacial score (nSPS) is 14.2. The lowest BCUT2D eigenvalue weighted by Crippen LogP contribution is -2.44. The van der Waals surface area contributed by atoms with Crippen LogP contribution in [0.5, 0.6) is 0 Å². The first-order chi connectivity index (χ1) is 19.6. The number of piperazine rings is 1. The fourth-order valence-electron chi connectivity index (χ4n) is 5.16. The number of amides is 1. The van der Waals surface area contributed by atoms with E-state index in [1.165, 1.54) is 0 Å². The Morgan fingerprint density at radius 3 is 2.67 bits per heavy atom. The minimum Gasteiger partial charge on any atom is -0.354 e. The second-order valence-electron chi connectivity index (χ2n) is 10.0. The van der Waals surface area contributed by atoms with Crippen molar-refractivity contribution in [2.24, 2.45) is 0 Å². The smallest absolute Gasteiger partial charge is 0.259 e. The first-order valence-corrected chi connectivity index (χ1v) is 13.2. The summed E-state index contributed by atoms with van der Waals surface area (Å²) in [5.74, 6) is 0.750. The van der Waals surface area contributed by atoms with E-state index in [1.807, 2.05) is 43.0 Å². The predicted octanol–water partition coefficient (Wildman–Crippen LogP) is 4.34. The van der Waals surface area contributed by atoms with Gasteiger partial charge >= 0.3 is 0 Å². The van der Waals surface area contributed by atoms with Crippen molar-refractivity contribution in [1.29, 1.82) is 0 Å². The Kier molecular flexibility index (Phi) is 5.94. The Morgan fingerprint density at radius 1 is 0.925 bits per heavy atom. The number of fused-ring (bicyclic) bond motifs is 2. The maximum Gasteiger partial charge on any atom is 0.259 e. The van der Waals surface area contributed by atoms with Gasteiger partial charge in [0, 0.05) is 73.7 Å². The zero-order chi connectivity index (χ0) is 27.1. The first kappa shape index (κ1) is 24.0. The van der Waals surface area contributed by atoms with E-state index in [0.29, 0.717) is 16.8 Å². The van der Waals surface area contributed by atoms with E-state index < -0.39 is 0 Å². The molecule has 1 saturated heterocycles. The minimum absolute atomic E-state index is 0.239. The summed E-state index contributed by atoms with van der Waals surface area (Å²) < 4.78 is 1.71. The van der Waals surface area contributed by atoms with Gasteiger partial charge in [0.15, 0.2) is 0 Å². The molecule has 1 aliphatic rings. The number of H-pyrrole nitrogens is 1. The van der Waals surface area contributed by atoms with E-state index in [1.54, 1.807) is 35.2 Å². The number of aromatic nitrogens is 6. The van der Waals surface area contributed by atoms with Crippen LogP contribution < -0.4 is 10.2 Å².